The summed E-state index contributed by atoms with van der Waals surface area (Å²) in [6.07, 6.45) is -4.38. The van der Waals surface area contributed by atoms with Crippen molar-refractivity contribution >= 4 is 40.5 Å². The van der Waals surface area contributed by atoms with Crippen molar-refractivity contribution in [2.45, 2.75) is 6.18 Å². The number of amides is 2. The van der Waals surface area contributed by atoms with Crippen molar-refractivity contribution in [3.8, 4) is 10.6 Å². The highest BCUT2D eigenvalue weighted by Crippen LogP contribution is 2.32. The lowest BCUT2D eigenvalue weighted by Crippen LogP contribution is -2.19. The summed E-state index contributed by atoms with van der Waals surface area (Å²) in [4.78, 5) is 16.2. The van der Waals surface area contributed by atoms with E-state index < -0.39 is 17.8 Å². The van der Waals surface area contributed by atoms with E-state index in [1.54, 1.807) is 29.6 Å². The van der Waals surface area contributed by atoms with Gasteiger partial charge in [-0.25, -0.2) is 9.78 Å². The van der Waals surface area contributed by atoms with Gasteiger partial charge in [-0.15, -0.1) is 11.3 Å². The summed E-state index contributed by atoms with van der Waals surface area (Å²) in [5.41, 5.74) is 0.373. The van der Waals surface area contributed by atoms with E-state index >= 15 is 0 Å². The molecule has 26 heavy (non-hydrogen) atoms. The predicted octanol–water partition coefficient (Wildman–Crippen LogP) is 6.13. The number of hydrogen-bond acceptors (Lipinski definition) is 3. The van der Waals surface area contributed by atoms with Crippen LogP contribution in [0.25, 0.3) is 10.6 Å². The SMILES string of the molecule is O=C(Nc1ccc(Cl)cc1)Nc1csc(-c2ccc(C(F)(F)F)cc2)n1. The van der Waals surface area contributed by atoms with Crippen LogP contribution in [0.5, 0.6) is 0 Å². The normalized spacial score (nSPS) is 11.2. The molecule has 4 nitrogen and oxygen atoms in total. The average Bonchev–Trinajstić information content (AvgIpc) is 3.04. The number of halogens is 4. The first-order valence-corrected chi connectivity index (χ1v) is 8.54. The Labute approximate surface area is 155 Å². The smallest absolute Gasteiger partial charge is 0.308 e. The molecule has 0 bridgehead atoms. The minimum atomic E-state index is -4.38. The first-order chi connectivity index (χ1) is 12.3. The highest BCUT2D eigenvalue weighted by Gasteiger charge is 2.30. The molecule has 2 aromatic carbocycles. The number of anilines is 2. The summed E-state index contributed by atoms with van der Waals surface area (Å²) >= 11 is 6.99. The summed E-state index contributed by atoms with van der Waals surface area (Å²) in [5.74, 6) is 0.302. The van der Waals surface area contributed by atoms with Gasteiger partial charge in [-0.1, -0.05) is 23.7 Å². The first kappa shape index (κ1) is 18.2. The number of carbonyl (C=O) groups excluding carboxylic acids is 1. The van der Waals surface area contributed by atoms with Gasteiger partial charge in [0.2, 0.25) is 0 Å². The van der Waals surface area contributed by atoms with Crippen LogP contribution in [0.15, 0.2) is 53.9 Å². The molecule has 0 saturated carbocycles. The zero-order valence-corrected chi connectivity index (χ0v) is 14.5. The summed E-state index contributed by atoms with van der Waals surface area (Å²) in [6, 6.07) is 10.8. The van der Waals surface area contributed by atoms with Crippen LogP contribution in [-0.2, 0) is 6.18 Å². The highest BCUT2D eigenvalue weighted by molar-refractivity contribution is 7.13. The Bertz CT molecular complexity index is 908. The Kier molecular flexibility index (Phi) is 5.15. The van der Waals surface area contributed by atoms with Crippen LogP contribution in [0.1, 0.15) is 5.56 Å². The maximum Gasteiger partial charge on any atom is 0.416 e. The van der Waals surface area contributed by atoms with Crippen LogP contribution in [0.2, 0.25) is 5.02 Å². The second kappa shape index (κ2) is 7.35. The standard InChI is InChI=1S/C17H11ClF3N3OS/c18-12-5-7-13(8-6-12)22-16(25)24-14-9-26-15(23-14)10-1-3-11(4-2-10)17(19,20)21/h1-9H,(H2,22,24,25). The van der Waals surface area contributed by atoms with E-state index in [0.29, 0.717) is 27.1 Å². The Morgan fingerprint density at radius 1 is 1.00 bits per heavy atom. The molecule has 2 amide bonds. The van der Waals surface area contributed by atoms with Crippen LogP contribution in [0, 0.1) is 0 Å². The van der Waals surface area contributed by atoms with Gasteiger partial charge in [0.15, 0.2) is 0 Å². The maximum atomic E-state index is 12.6. The van der Waals surface area contributed by atoms with Gasteiger partial charge in [0.1, 0.15) is 10.8 Å². The van der Waals surface area contributed by atoms with Gasteiger partial charge in [0.25, 0.3) is 0 Å². The molecule has 9 heteroatoms. The molecular weight excluding hydrogens is 387 g/mol. The molecule has 2 N–H and O–H groups in total. The molecule has 0 aliphatic carbocycles. The molecule has 0 atom stereocenters. The number of carbonyl (C=O) groups is 1. The number of rotatable bonds is 3. The molecule has 0 aliphatic heterocycles. The van der Waals surface area contributed by atoms with Crippen LogP contribution in [-0.4, -0.2) is 11.0 Å². The zero-order valence-electron chi connectivity index (χ0n) is 13.0. The lowest BCUT2D eigenvalue weighted by Gasteiger charge is -2.06. The first-order valence-electron chi connectivity index (χ1n) is 7.28. The minimum Gasteiger partial charge on any atom is -0.308 e. The number of hydrogen-bond donors (Lipinski definition) is 2. The molecule has 0 saturated heterocycles. The second-order valence-corrected chi connectivity index (χ2v) is 6.49. The molecule has 0 unspecified atom stereocenters. The molecule has 134 valence electrons. The zero-order chi connectivity index (χ0) is 18.7. The number of aromatic nitrogens is 1. The largest absolute Gasteiger partial charge is 0.416 e. The quantitative estimate of drug-likeness (QED) is 0.558. The van der Waals surface area contributed by atoms with E-state index in [0.717, 1.165) is 12.1 Å². The third-order valence-electron chi connectivity index (χ3n) is 3.31. The maximum absolute atomic E-state index is 12.6. The fraction of sp³-hybridized carbons (Fsp3) is 0.0588. The van der Waals surface area contributed by atoms with Crippen molar-refractivity contribution < 1.29 is 18.0 Å². The predicted molar refractivity (Wildman–Crippen MR) is 96.6 cm³/mol. The van der Waals surface area contributed by atoms with Gasteiger partial charge in [0, 0.05) is 21.7 Å². The summed E-state index contributed by atoms with van der Waals surface area (Å²) < 4.78 is 37.8. The Morgan fingerprint density at radius 2 is 1.65 bits per heavy atom. The average molecular weight is 398 g/mol. The van der Waals surface area contributed by atoms with Crippen molar-refractivity contribution in [3.63, 3.8) is 0 Å². The Balaban J connectivity index is 1.66. The topological polar surface area (TPSA) is 54.0 Å². The van der Waals surface area contributed by atoms with Gasteiger partial charge < -0.3 is 5.32 Å². The highest BCUT2D eigenvalue weighted by atomic mass is 35.5. The van der Waals surface area contributed by atoms with Crippen LogP contribution < -0.4 is 10.6 Å². The minimum absolute atomic E-state index is 0.302. The number of alkyl halides is 3. The fourth-order valence-electron chi connectivity index (χ4n) is 2.08. The molecule has 0 spiro atoms. The molecule has 1 heterocycles. The number of urea groups is 1. The van der Waals surface area contributed by atoms with Gasteiger partial charge in [-0.2, -0.15) is 13.2 Å². The molecule has 3 aromatic rings. The lowest BCUT2D eigenvalue weighted by molar-refractivity contribution is -0.137. The van der Waals surface area contributed by atoms with Crippen molar-refractivity contribution in [2.24, 2.45) is 0 Å². The van der Waals surface area contributed by atoms with Crippen LogP contribution in [0.3, 0.4) is 0 Å². The van der Waals surface area contributed by atoms with Gasteiger partial charge in [-0.05, 0) is 36.4 Å². The van der Waals surface area contributed by atoms with Crippen molar-refractivity contribution in [1.29, 1.82) is 0 Å². The second-order valence-electron chi connectivity index (χ2n) is 5.20. The molecule has 0 aliphatic rings. The van der Waals surface area contributed by atoms with Gasteiger partial charge in [0.05, 0.1) is 5.56 Å². The van der Waals surface area contributed by atoms with E-state index in [2.05, 4.69) is 15.6 Å². The Hall–Kier alpha value is -2.58. The third-order valence-corrected chi connectivity index (χ3v) is 4.45. The monoisotopic (exact) mass is 397 g/mol. The molecule has 3 rings (SSSR count). The number of nitrogens with one attached hydrogen (secondary N) is 2. The molecule has 0 radical (unpaired) electrons. The van der Waals surface area contributed by atoms with Gasteiger partial charge >= 0.3 is 12.2 Å². The molecular formula is C17H11ClF3N3OS. The lowest BCUT2D eigenvalue weighted by atomic mass is 10.1. The number of benzene rings is 2. The summed E-state index contributed by atoms with van der Waals surface area (Å²) in [5, 5.41) is 7.85. The summed E-state index contributed by atoms with van der Waals surface area (Å²) in [7, 11) is 0. The summed E-state index contributed by atoms with van der Waals surface area (Å²) in [6.45, 7) is 0. The van der Waals surface area contributed by atoms with E-state index in [-0.39, 0.29) is 0 Å². The van der Waals surface area contributed by atoms with E-state index in [1.165, 1.54) is 23.5 Å². The van der Waals surface area contributed by atoms with Crippen LogP contribution >= 0.6 is 22.9 Å². The number of nitrogens with zero attached hydrogens (tertiary/aromatic N) is 1. The van der Waals surface area contributed by atoms with Crippen LogP contribution in [0.4, 0.5) is 29.5 Å². The Morgan fingerprint density at radius 3 is 2.27 bits per heavy atom. The molecule has 0 fully saturated rings. The van der Waals surface area contributed by atoms with Crippen molar-refractivity contribution in [3.05, 3.63) is 64.5 Å². The van der Waals surface area contributed by atoms with E-state index in [9.17, 15) is 18.0 Å². The van der Waals surface area contributed by atoms with Gasteiger partial charge in [-0.3, -0.25) is 5.32 Å². The van der Waals surface area contributed by atoms with E-state index in [1.807, 2.05) is 0 Å². The fourth-order valence-corrected chi connectivity index (χ4v) is 2.96. The third kappa shape index (κ3) is 4.53. The van der Waals surface area contributed by atoms with Crippen molar-refractivity contribution in [1.82, 2.24) is 4.98 Å². The molecule has 1 aromatic heterocycles. The number of thiazole rings is 1. The van der Waals surface area contributed by atoms with Crippen molar-refractivity contribution in [2.75, 3.05) is 10.6 Å². The van der Waals surface area contributed by atoms with E-state index in [4.69, 9.17) is 11.6 Å².